The molecule has 0 saturated carbocycles. The molecule has 1 heterocycles. The van der Waals surface area contributed by atoms with E-state index in [-0.39, 0.29) is 18.6 Å². The van der Waals surface area contributed by atoms with E-state index in [1.807, 2.05) is 6.92 Å². The molecule has 1 aromatic rings. The van der Waals surface area contributed by atoms with Crippen LogP contribution in [0.4, 0.5) is 0 Å². The summed E-state index contributed by atoms with van der Waals surface area (Å²) < 4.78 is 0. The average Bonchev–Trinajstić information content (AvgIpc) is 2.46. The van der Waals surface area contributed by atoms with E-state index in [9.17, 15) is 4.79 Å². The minimum Gasteiger partial charge on any atom is -0.384 e. The van der Waals surface area contributed by atoms with Gasteiger partial charge in [0.2, 0.25) is 0 Å². The molecule has 0 aliphatic carbocycles. The lowest BCUT2D eigenvalue weighted by atomic mass is 9.95. The maximum absolute atomic E-state index is 12.3. The molecule has 1 aromatic heterocycles. The highest BCUT2D eigenvalue weighted by Gasteiger charge is 2.18. The van der Waals surface area contributed by atoms with Gasteiger partial charge in [-0.25, -0.2) is 0 Å². The van der Waals surface area contributed by atoms with Crippen LogP contribution in [-0.4, -0.2) is 28.6 Å². The van der Waals surface area contributed by atoms with Gasteiger partial charge in [0.05, 0.1) is 11.1 Å². The highest BCUT2D eigenvalue weighted by Crippen LogP contribution is 2.14. The second-order valence-corrected chi connectivity index (χ2v) is 4.72. The lowest BCUT2D eigenvalue weighted by Crippen LogP contribution is -2.38. The summed E-state index contributed by atoms with van der Waals surface area (Å²) in [6.45, 7) is 6.04. The first-order valence-electron chi connectivity index (χ1n) is 6.98. The third-order valence-electron chi connectivity index (χ3n) is 3.48. The molecule has 0 spiro atoms. The molecule has 0 fully saturated rings. The van der Waals surface area contributed by atoms with Gasteiger partial charge in [0.25, 0.3) is 5.91 Å². The predicted octanol–water partition coefficient (Wildman–Crippen LogP) is 1.98. The monoisotopic (exact) mass is 274 g/mol. The SMILES string of the molecule is CCC(CC)C(C)NC(=O)c1ccncc1C#CCO. The van der Waals surface area contributed by atoms with Gasteiger partial charge in [0.1, 0.15) is 6.61 Å². The summed E-state index contributed by atoms with van der Waals surface area (Å²) in [5.74, 6) is 5.62. The third kappa shape index (κ3) is 4.36. The number of aromatic nitrogens is 1. The molecule has 108 valence electrons. The number of carbonyl (C=O) groups is 1. The summed E-state index contributed by atoms with van der Waals surface area (Å²) in [6, 6.07) is 1.76. The molecular weight excluding hydrogens is 252 g/mol. The zero-order valence-electron chi connectivity index (χ0n) is 12.3. The Morgan fingerprint density at radius 3 is 2.75 bits per heavy atom. The maximum atomic E-state index is 12.3. The number of hydrogen-bond donors (Lipinski definition) is 2. The predicted molar refractivity (Wildman–Crippen MR) is 79.2 cm³/mol. The molecule has 1 unspecified atom stereocenters. The molecule has 0 radical (unpaired) electrons. The Morgan fingerprint density at radius 1 is 1.45 bits per heavy atom. The van der Waals surface area contributed by atoms with Crippen LogP contribution < -0.4 is 5.32 Å². The van der Waals surface area contributed by atoms with Crippen LogP contribution in [0.3, 0.4) is 0 Å². The van der Waals surface area contributed by atoms with Crippen LogP contribution in [0.1, 0.15) is 49.5 Å². The van der Waals surface area contributed by atoms with Crippen molar-refractivity contribution in [1.29, 1.82) is 0 Å². The molecule has 4 nitrogen and oxygen atoms in total. The molecule has 1 amide bonds. The van der Waals surface area contributed by atoms with Crippen LogP contribution in [0.15, 0.2) is 18.5 Å². The topological polar surface area (TPSA) is 62.2 Å². The summed E-state index contributed by atoms with van der Waals surface area (Å²) in [5, 5.41) is 11.8. The summed E-state index contributed by atoms with van der Waals surface area (Å²) in [4.78, 5) is 16.3. The van der Waals surface area contributed by atoms with Crippen molar-refractivity contribution in [1.82, 2.24) is 10.3 Å². The first-order chi connectivity index (χ1) is 9.63. The van der Waals surface area contributed by atoms with Crippen LogP contribution in [0.25, 0.3) is 0 Å². The van der Waals surface area contributed by atoms with Gasteiger partial charge in [-0.05, 0) is 18.9 Å². The Bertz CT molecular complexity index is 499. The molecule has 20 heavy (non-hydrogen) atoms. The molecule has 4 heteroatoms. The molecule has 0 aromatic carbocycles. The van der Waals surface area contributed by atoms with Gasteiger partial charge in [0, 0.05) is 18.4 Å². The fraction of sp³-hybridized carbons (Fsp3) is 0.500. The molecule has 0 aliphatic rings. The van der Waals surface area contributed by atoms with Crippen molar-refractivity contribution in [2.75, 3.05) is 6.61 Å². The minimum atomic E-state index is -0.236. The van der Waals surface area contributed by atoms with Crippen molar-refractivity contribution in [2.45, 2.75) is 39.7 Å². The Kier molecular flexibility index (Phi) is 6.75. The second-order valence-electron chi connectivity index (χ2n) is 4.72. The largest absolute Gasteiger partial charge is 0.384 e. The summed E-state index contributed by atoms with van der Waals surface area (Å²) in [5.41, 5.74) is 1.04. The molecule has 1 rings (SSSR count). The smallest absolute Gasteiger partial charge is 0.252 e. The summed E-state index contributed by atoms with van der Waals surface area (Å²) in [6.07, 6.45) is 5.18. The zero-order valence-corrected chi connectivity index (χ0v) is 12.3. The van der Waals surface area contributed by atoms with Crippen LogP contribution in [0, 0.1) is 17.8 Å². The first kappa shape index (κ1) is 16.2. The van der Waals surface area contributed by atoms with Crippen LogP contribution >= 0.6 is 0 Å². The molecule has 2 N–H and O–H groups in total. The van der Waals surface area contributed by atoms with E-state index in [0.717, 1.165) is 12.8 Å². The molecule has 0 aliphatic heterocycles. The van der Waals surface area contributed by atoms with Crippen molar-refractivity contribution in [3.05, 3.63) is 29.6 Å². The minimum absolute atomic E-state index is 0.115. The standard InChI is InChI=1S/C16H22N2O2/c1-4-13(5-2)12(3)18-16(20)15-8-9-17-11-14(15)7-6-10-19/h8-9,11-13,19H,4-5,10H2,1-3H3,(H,18,20). The Hall–Kier alpha value is -1.86. The van der Waals surface area contributed by atoms with Gasteiger partial charge < -0.3 is 10.4 Å². The lowest BCUT2D eigenvalue weighted by Gasteiger charge is -2.22. The molecule has 0 bridgehead atoms. The number of aliphatic hydroxyl groups excluding tert-OH is 1. The Balaban J connectivity index is 2.87. The van der Waals surface area contributed by atoms with Crippen molar-refractivity contribution in [2.24, 2.45) is 5.92 Å². The summed E-state index contributed by atoms with van der Waals surface area (Å²) >= 11 is 0. The quantitative estimate of drug-likeness (QED) is 0.807. The number of nitrogens with one attached hydrogen (secondary N) is 1. The highest BCUT2D eigenvalue weighted by molar-refractivity contribution is 5.96. The fourth-order valence-electron chi connectivity index (χ4n) is 2.22. The average molecular weight is 274 g/mol. The van der Waals surface area contributed by atoms with Gasteiger partial charge in [-0.1, -0.05) is 38.5 Å². The van der Waals surface area contributed by atoms with Crippen LogP contribution in [-0.2, 0) is 0 Å². The molecular formula is C16H22N2O2. The van der Waals surface area contributed by atoms with Gasteiger partial charge in [-0.15, -0.1) is 0 Å². The second kappa shape index (κ2) is 8.34. The van der Waals surface area contributed by atoms with Crippen molar-refractivity contribution < 1.29 is 9.90 Å². The zero-order chi connectivity index (χ0) is 15.0. The van der Waals surface area contributed by atoms with Gasteiger partial charge in [-0.3, -0.25) is 9.78 Å². The van der Waals surface area contributed by atoms with Crippen molar-refractivity contribution >= 4 is 5.91 Å². The van der Waals surface area contributed by atoms with Gasteiger partial charge >= 0.3 is 0 Å². The Labute approximate surface area is 120 Å². The first-order valence-corrected chi connectivity index (χ1v) is 6.98. The van der Waals surface area contributed by atoms with Crippen LogP contribution in [0.2, 0.25) is 0 Å². The third-order valence-corrected chi connectivity index (χ3v) is 3.48. The lowest BCUT2D eigenvalue weighted by molar-refractivity contribution is 0.0925. The normalized spacial score (nSPS) is 11.7. The number of pyridine rings is 1. The number of amides is 1. The Morgan fingerprint density at radius 2 is 2.15 bits per heavy atom. The van der Waals surface area contributed by atoms with Gasteiger partial charge in [-0.2, -0.15) is 0 Å². The molecule has 0 saturated heterocycles. The van der Waals surface area contributed by atoms with E-state index >= 15 is 0 Å². The van der Waals surface area contributed by atoms with E-state index in [0.29, 0.717) is 17.0 Å². The number of carbonyl (C=O) groups excluding carboxylic acids is 1. The van der Waals surface area contributed by atoms with E-state index in [1.165, 1.54) is 0 Å². The van der Waals surface area contributed by atoms with E-state index in [4.69, 9.17) is 5.11 Å². The number of hydrogen-bond acceptors (Lipinski definition) is 3. The van der Waals surface area contributed by atoms with E-state index < -0.39 is 0 Å². The fourth-order valence-corrected chi connectivity index (χ4v) is 2.22. The van der Waals surface area contributed by atoms with Gasteiger partial charge in [0.15, 0.2) is 0 Å². The van der Waals surface area contributed by atoms with E-state index in [1.54, 1.807) is 18.5 Å². The van der Waals surface area contributed by atoms with Crippen LogP contribution in [0.5, 0.6) is 0 Å². The summed E-state index contributed by atoms with van der Waals surface area (Å²) in [7, 11) is 0. The van der Waals surface area contributed by atoms with E-state index in [2.05, 4.69) is 36.0 Å². The number of rotatable bonds is 5. The molecule has 1 atom stereocenters. The van der Waals surface area contributed by atoms with Crippen molar-refractivity contribution in [3.8, 4) is 11.8 Å². The highest BCUT2D eigenvalue weighted by atomic mass is 16.2. The number of nitrogens with zero attached hydrogens (tertiary/aromatic N) is 1. The maximum Gasteiger partial charge on any atom is 0.252 e. The van der Waals surface area contributed by atoms with Crippen molar-refractivity contribution in [3.63, 3.8) is 0 Å². The number of aliphatic hydroxyl groups is 1.